The number of carbonyl (C=O) groups excluding carboxylic acids is 1. The largest absolute Gasteiger partial charge is 0.354 e. The van der Waals surface area contributed by atoms with Crippen molar-refractivity contribution in [1.29, 1.82) is 0 Å². The maximum Gasteiger partial charge on any atom is 0.241 e. The predicted molar refractivity (Wildman–Crippen MR) is 90.4 cm³/mol. The number of hydrogen-bond donors (Lipinski definition) is 3. The molecular formula is C14H24ClN3O3S. The summed E-state index contributed by atoms with van der Waals surface area (Å²) in [6.45, 7) is 4.22. The molecule has 0 saturated heterocycles. The van der Waals surface area contributed by atoms with Gasteiger partial charge in [-0.15, -0.1) is 12.4 Å². The fourth-order valence-electron chi connectivity index (χ4n) is 1.66. The molecule has 0 saturated carbocycles. The van der Waals surface area contributed by atoms with Gasteiger partial charge in [-0.25, -0.2) is 13.1 Å². The Morgan fingerprint density at radius 2 is 1.82 bits per heavy atom. The second-order valence-corrected chi connectivity index (χ2v) is 6.93. The molecule has 0 radical (unpaired) electrons. The highest BCUT2D eigenvalue weighted by molar-refractivity contribution is 7.89. The van der Waals surface area contributed by atoms with Gasteiger partial charge in [0.25, 0.3) is 0 Å². The van der Waals surface area contributed by atoms with Crippen LogP contribution in [0.3, 0.4) is 0 Å². The summed E-state index contributed by atoms with van der Waals surface area (Å²) in [5.41, 5.74) is 7.73. The van der Waals surface area contributed by atoms with Gasteiger partial charge in [-0.2, -0.15) is 0 Å². The SMILES string of the molecule is CCS(=O)(=O)NCCCNC(=O)C(N)c1ccc(C)cc1.Cl. The molecule has 126 valence electrons. The molecule has 0 aromatic heterocycles. The smallest absolute Gasteiger partial charge is 0.241 e. The topological polar surface area (TPSA) is 101 Å². The van der Waals surface area contributed by atoms with Crippen molar-refractivity contribution in [1.82, 2.24) is 10.0 Å². The molecule has 22 heavy (non-hydrogen) atoms. The molecule has 0 bridgehead atoms. The minimum absolute atomic E-state index is 0. The third-order valence-corrected chi connectivity index (χ3v) is 4.48. The molecule has 6 nitrogen and oxygen atoms in total. The number of nitrogens with two attached hydrogens (primary N) is 1. The highest BCUT2D eigenvalue weighted by Crippen LogP contribution is 2.11. The summed E-state index contributed by atoms with van der Waals surface area (Å²) in [7, 11) is -3.17. The van der Waals surface area contributed by atoms with E-state index >= 15 is 0 Å². The molecule has 1 unspecified atom stereocenters. The van der Waals surface area contributed by atoms with Crippen LogP contribution in [0.4, 0.5) is 0 Å². The first-order valence-corrected chi connectivity index (χ1v) is 8.58. The Labute approximate surface area is 138 Å². The highest BCUT2D eigenvalue weighted by atomic mass is 35.5. The minimum atomic E-state index is -3.17. The van der Waals surface area contributed by atoms with Crippen molar-refractivity contribution in [3.05, 3.63) is 35.4 Å². The molecule has 8 heteroatoms. The van der Waals surface area contributed by atoms with E-state index in [0.717, 1.165) is 11.1 Å². The van der Waals surface area contributed by atoms with Gasteiger partial charge in [-0.3, -0.25) is 4.79 Å². The van der Waals surface area contributed by atoms with E-state index < -0.39 is 16.1 Å². The molecule has 0 heterocycles. The van der Waals surface area contributed by atoms with Gasteiger partial charge < -0.3 is 11.1 Å². The highest BCUT2D eigenvalue weighted by Gasteiger charge is 2.14. The van der Waals surface area contributed by atoms with Crippen molar-refractivity contribution in [2.45, 2.75) is 26.3 Å². The van der Waals surface area contributed by atoms with Crippen molar-refractivity contribution in [2.24, 2.45) is 5.73 Å². The number of sulfonamides is 1. The zero-order chi connectivity index (χ0) is 15.9. The van der Waals surface area contributed by atoms with Gasteiger partial charge in [0, 0.05) is 13.1 Å². The normalized spacial score (nSPS) is 12.3. The minimum Gasteiger partial charge on any atom is -0.354 e. The molecule has 0 fully saturated rings. The summed E-state index contributed by atoms with van der Waals surface area (Å²) in [4.78, 5) is 11.9. The van der Waals surface area contributed by atoms with Crippen molar-refractivity contribution in [2.75, 3.05) is 18.8 Å². The van der Waals surface area contributed by atoms with Crippen LogP contribution in [0.15, 0.2) is 24.3 Å². The van der Waals surface area contributed by atoms with E-state index in [4.69, 9.17) is 5.73 Å². The van der Waals surface area contributed by atoms with Crippen LogP contribution in [0.1, 0.15) is 30.5 Å². The number of carbonyl (C=O) groups is 1. The lowest BCUT2D eigenvalue weighted by atomic mass is 10.1. The average molecular weight is 350 g/mol. The number of rotatable bonds is 8. The number of nitrogens with one attached hydrogen (secondary N) is 2. The summed E-state index contributed by atoms with van der Waals surface area (Å²) in [5.74, 6) is -0.213. The van der Waals surface area contributed by atoms with Gasteiger partial charge >= 0.3 is 0 Å². The average Bonchev–Trinajstić information content (AvgIpc) is 2.46. The van der Waals surface area contributed by atoms with Crippen LogP contribution in [-0.4, -0.2) is 33.2 Å². The molecule has 4 N–H and O–H groups in total. The first-order chi connectivity index (χ1) is 9.85. The molecule has 1 amide bonds. The van der Waals surface area contributed by atoms with Crippen molar-refractivity contribution >= 4 is 28.3 Å². The Bertz CT molecular complexity index is 561. The molecule has 1 atom stereocenters. The van der Waals surface area contributed by atoms with Crippen LogP contribution in [0.2, 0.25) is 0 Å². The van der Waals surface area contributed by atoms with E-state index in [1.807, 2.05) is 31.2 Å². The third kappa shape index (κ3) is 7.22. The Morgan fingerprint density at radius 1 is 1.23 bits per heavy atom. The van der Waals surface area contributed by atoms with Crippen LogP contribution in [0.5, 0.6) is 0 Å². The van der Waals surface area contributed by atoms with Crippen LogP contribution in [0, 0.1) is 6.92 Å². The van der Waals surface area contributed by atoms with Gasteiger partial charge in [0.2, 0.25) is 15.9 Å². The molecule has 0 aliphatic rings. The fraction of sp³-hybridized carbons (Fsp3) is 0.500. The van der Waals surface area contributed by atoms with Crippen molar-refractivity contribution in [3.8, 4) is 0 Å². The Hall–Kier alpha value is -1.15. The summed E-state index contributed by atoms with van der Waals surface area (Å²) >= 11 is 0. The van der Waals surface area contributed by atoms with E-state index in [1.54, 1.807) is 6.92 Å². The Balaban J connectivity index is 0.00000441. The maximum absolute atomic E-state index is 11.9. The molecular weight excluding hydrogens is 326 g/mol. The monoisotopic (exact) mass is 349 g/mol. The number of aryl methyl sites for hydroxylation is 1. The lowest BCUT2D eigenvalue weighted by Crippen LogP contribution is -2.36. The lowest BCUT2D eigenvalue weighted by molar-refractivity contribution is -0.122. The number of amides is 1. The zero-order valence-electron chi connectivity index (χ0n) is 12.8. The molecule has 1 aromatic carbocycles. The van der Waals surface area contributed by atoms with Gasteiger partial charge in [-0.05, 0) is 25.8 Å². The van der Waals surface area contributed by atoms with Gasteiger partial charge in [0.05, 0.1) is 5.75 Å². The zero-order valence-corrected chi connectivity index (χ0v) is 14.5. The number of halogens is 1. The second-order valence-electron chi connectivity index (χ2n) is 4.83. The Kier molecular flexibility index (Phi) is 9.27. The van der Waals surface area contributed by atoms with Crippen molar-refractivity contribution < 1.29 is 13.2 Å². The van der Waals surface area contributed by atoms with Crippen LogP contribution in [0.25, 0.3) is 0 Å². The first kappa shape index (κ1) is 20.9. The maximum atomic E-state index is 11.9. The summed E-state index contributed by atoms with van der Waals surface area (Å²) in [5, 5.41) is 2.70. The summed E-state index contributed by atoms with van der Waals surface area (Å²) in [6.07, 6.45) is 0.519. The van der Waals surface area contributed by atoms with Crippen LogP contribution >= 0.6 is 12.4 Å². The number of benzene rings is 1. The van der Waals surface area contributed by atoms with Gasteiger partial charge in [0.1, 0.15) is 6.04 Å². The molecule has 0 aliphatic heterocycles. The summed E-state index contributed by atoms with van der Waals surface area (Å²) < 4.78 is 24.8. The van der Waals surface area contributed by atoms with E-state index in [9.17, 15) is 13.2 Å². The van der Waals surface area contributed by atoms with E-state index in [2.05, 4.69) is 10.0 Å². The molecule has 1 rings (SSSR count). The standard InChI is InChI=1S/C14H23N3O3S.ClH/c1-3-21(19,20)17-10-4-9-16-14(18)13(15)12-7-5-11(2)6-8-12;/h5-8,13,17H,3-4,9-10,15H2,1-2H3,(H,16,18);1H. The molecule has 1 aromatic rings. The predicted octanol–water partition coefficient (Wildman–Crippen LogP) is 0.862. The van der Waals surface area contributed by atoms with Gasteiger partial charge in [0.15, 0.2) is 0 Å². The first-order valence-electron chi connectivity index (χ1n) is 6.93. The quantitative estimate of drug-likeness (QED) is 0.606. The van der Waals surface area contributed by atoms with Crippen LogP contribution < -0.4 is 15.8 Å². The second kappa shape index (κ2) is 9.78. The van der Waals surface area contributed by atoms with Crippen molar-refractivity contribution in [3.63, 3.8) is 0 Å². The fourth-order valence-corrected chi connectivity index (χ4v) is 2.32. The van der Waals surface area contributed by atoms with Crippen LogP contribution in [-0.2, 0) is 14.8 Å². The molecule has 0 aliphatic carbocycles. The summed E-state index contributed by atoms with van der Waals surface area (Å²) in [6, 6.07) is 6.76. The third-order valence-electron chi connectivity index (χ3n) is 3.07. The van der Waals surface area contributed by atoms with E-state index in [1.165, 1.54) is 0 Å². The lowest BCUT2D eigenvalue weighted by Gasteiger charge is -2.13. The van der Waals surface area contributed by atoms with Gasteiger partial charge in [-0.1, -0.05) is 29.8 Å². The van der Waals surface area contributed by atoms with E-state index in [0.29, 0.717) is 19.5 Å². The molecule has 0 spiro atoms. The Morgan fingerprint density at radius 3 is 2.36 bits per heavy atom. The van der Waals surface area contributed by atoms with E-state index in [-0.39, 0.29) is 24.1 Å². The number of hydrogen-bond acceptors (Lipinski definition) is 4.